The summed E-state index contributed by atoms with van der Waals surface area (Å²) in [6, 6.07) is 10.1. The Kier molecular flexibility index (Phi) is 4.87. The Labute approximate surface area is 105 Å². The lowest BCUT2D eigenvalue weighted by molar-refractivity contribution is 0.235. The van der Waals surface area contributed by atoms with E-state index in [0.29, 0.717) is 0 Å². The molecule has 0 amide bonds. The molecule has 0 spiro atoms. The molecule has 1 aromatic rings. The summed E-state index contributed by atoms with van der Waals surface area (Å²) in [5.74, 6) is 1.97. The molecule has 0 atom stereocenters. The monoisotopic (exact) mass is 233 g/mol. The van der Waals surface area contributed by atoms with Gasteiger partial charge >= 0.3 is 0 Å². The molecule has 0 saturated heterocycles. The molecule has 0 unspecified atom stereocenters. The highest BCUT2D eigenvalue weighted by Gasteiger charge is 2.23. The Morgan fingerprint density at radius 3 is 2.65 bits per heavy atom. The van der Waals surface area contributed by atoms with Gasteiger partial charge in [0.05, 0.1) is 6.61 Å². The minimum atomic E-state index is 0.825. The normalized spacial score (nSPS) is 15.2. The lowest BCUT2D eigenvalue weighted by Crippen LogP contribution is -2.27. The standard InChI is InChI=1S/C15H23NO/c1-2-16(13-14-9-10-14)11-6-12-17-15-7-4-3-5-8-15/h3-5,7-8,14H,2,6,9-13H2,1H3. The Hall–Kier alpha value is -1.02. The second-order valence-corrected chi connectivity index (χ2v) is 4.85. The molecule has 0 bridgehead atoms. The van der Waals surface area contributed by atoms with Gasteiger partial charge in [0.2, 0.25) is 0 Å². The number of para-hydroxylation sites is 1. The fraction of sp³-hybridized carbons (Fsp3) is 0.600. The predicted molar refractivity (Wildman–Crippen MR) is 71.4 cm³/mol. The molecule has 0 aliphatic heterocycles. The van der Waals surface area contributed by atoms with E-state index in [-0.39, 0.29) is 0 Å². The molecular formula is C15H23NO. The number of hydrogen-bond donors (Lipinski definition) is 0. The summed E-state index contributed by atoms with van der Waals surface area (Å²) in [6.07, 6.45) is 4.00. The van der Waals surface area contributed by atoms with Gasteiger partial charge in [-0.05, 0) is 43.9 Å². The van der Waals surface area contributed by atoms with Gasteiger partial charge in [-0.15, -0.1) is 0 Å². The van der Waals surface area contributed by atoms with Gasteiger partial charge in [0, 0.05) is 13.1 Å². The molecule has 1 saturated carbocycles. The highest BCUT2D eigenvalue weighted by atomic mass is 16.5. The molecule has 0 radical (unpaired) electrons. The van der Waals surface area contributed by atoms with Crippen LogP contribution in [0.25, 0.3) is 0 Å². The largest absolute Gasteiger partial charge is 0.494 e. The van der Waals surface area contributed by atoms with Crippen LogP contribution in [0.3, 0.4) is 0 Å². The fourth-order valence-electron chi connectivity index (χ4n) is 2.04. The third-order valence-electron chi connectivity index (χ3n) is 3.29. The predicted octanol–water partition coefficient (Wildman–Crippen LogP) is 3.19. The Morgan fingerprint density at radius 2 is 2.00 bits per heavy atom. The highest BCUT2D eigenvalue weighted by Crippen LogP contribution is 2.29. The number of benzene rings is 1. The average molecular weight is 233 g/mol. The van der Waals surface area contributed by atoms with E-state index in [1.54, 1.807) is 0 Å². The summed E-state index contributed by atoms with van der Waals surface area (Å²) in [7, 11) is 0. The van der Waals surface area contributed by atoms with Crippen molar-refractivity contribution in [3.63, 3.8) is 0 Å². The van der Waals surface area contributed by atoms with Crippen molar-refractivity contribution < 1.29 is 4.74 Å². The van der Waals surface area contributed by atoms with Crippen molar-refractivity contribution in [2.75, 3.05) is 26.2 Å². The number of ether oxygens (including phenoxy) is 1. The number of nitrogens with zero attached hydrogens (tertiary/aromatic N) is 1. The molecule has 2 rings (SSSR count). The maximum absolute atomic E-state index is 5.69. The van der Waals surface area contributed by atoms with Crippen molar-refractivity contribution in [2.45, 2.75) is 26.2 Å². The van der Waals surface area contributed by atoms with Crippen molar-refractivity contribution in [1.29, 1.82) is 0 Å². The third kappa shape index (κ3) is 4.78. The van der Waals surface area contributed by atoms with Gasteiger partial charge in [-0.2, -0.15) is 0 Å². The van der Waals surface area contributed by atoms with Gasteiger partial charge in [0.15, 0.2) is 0 Å². The van der Waals surface area contributed by atoms with Gasteiger partial charge < -0.3 is 9.64 Å². The smallest absolute Gasteiger partial charge is 0.119 e. The van der Waals surface area contributed by atoms with Crippen LogP contribution >= 0.6 is 0 Å². The zero-order valence-corrected chi connectivity index (χ0v) is 10.8. The highest BCUT2D eigenvalue weighted by molar-refractivity contribution is 5.20. The first-order chi connectivity index (χ1) is 8.38. The third-order valence-corrected chi connectivity index (χ3v) is 3.29. The lowest BCUT2D eigenvalue weighted by atomic mass is 10.3. The van der Waals surface area contributed by atoms with E-state index in [0.717, 1.165) is 24.7 Å². The second kappa shape index (κ2) is 6.65. The van der Waals surface area contributed by atoms with E-state index in [1.807, 2.05) is 30.3 Å². The Balaban J connectivity index is 1.58. The number of rotatable bonds is 8. The summed E-state index contributed by atoms with van der Waals surface area (Å²) < 4.78 is 5.69. The Morgan fingerprint density at radius 1 is 1.24 bits per heavy atom. The molecule has 1 aliphatic rings. The molecule has 2 heteroatoms. The van der Waals surface area contributed by atoms with Gasteiger partial charge in [-0.1, -0.05) is 25.1 Å². The van der Waals surface area contributed by atoms with Crippen LogP contribution in [0.4, 0.5) is 0 Å². The minimum absolute atomic E-state index is 0.825. The minimum Gasteiger partial charge on any atom is -0.494 e. The molecule has 1 aliphatic carbocycles. The van der Waals surface area contributed by atoms with Gasteiger partial charge in [-0.3, -0.25) is 0 Å². The van der Waals surface area contributed by atoms with Gasteiger partial charge in [-0.25, -0.2) is 0 Å². The van der Waals surface area contributed by atoms with Crippen LogP contribution in [0.2, 0.25) is 0 Å². The lowest BCUT2D eigenvalue weighted by Gasteiger charge is -2.19. The summed E-state index contributed by atoms with van der Waals surface area (Å²) in [4.78, 5) is 2.55. The summed E-state index contributed by atoms with van der Waals surface area (Å²) in [5, 5.41) is 0. The van der Waals surface area contributed by atoms with Gasteiger partial charge in [0.1, 0.15) is 5.75 Å². The van der Waals surface area contributed by atoms with E-state index in [4.69, 9.17) is 4.74 Å². The molecule has 0 aromatic heterocycles. The first-order valence-electron chi connectivity index (χ1n) is 6.78. The van der Waals surface area contributed by atoms with Crippen molar-refractivity contribution in [3.05, 3.63) is 30.3 Å². The van der Waals surface area contributed by atoms with Crippen LogP contribution in [0.1, 0.15) is 26.2 Å². The summed E-state index contributed by atoms with van der Waals surface area (Å²) in [5.41, 5.74) is 0. The van der Waals surface area contributed by atoms with Crippen molar-refractivity contribution in [1.82, 2.24) is 4.90 Å². The fourth-order valence-corrected chi connectivity index (χ4v) is 2.04. The van der Waals surface area contributed by atoms with Crippen LogP contribution in [-0.4, -0.2) is 31.1 Å². The first kappa shape index (κ1) is 12.4. The maximum Gasteiger partial charge on any atom is 0.119 e. The van der Waals surface area contributed by atoms with Crippen LogP contribution in [0, 0.1) is 5.92 Å². The van der Waals surface area contributed by atoms with Crippen molar-refractivity contribution >= 4 is 0 Å². The second-order valence-electron chi connectivity index (χ2n) is 4.85. The Bertz CT molecular complexity index is 308. The van der Waals surface area contributed by atoms with Crippen LogP contribution < -0.4 is 4.74 Å². The quantitative estimate of drug-likeness (QED) is 0.639. The average Bonchev–Trinajstić information content (AvgIpc) is 3.18. The first-order valence-corrected chi connectivity index (χ1v) is 6.78. The molecular weight excluding hydrogens is 210 g/mol. The van der Waals surface area contributed by atoms with Gasteiger partial charge in [0.25, 0.3) is 0 Å². The zero-order chi connectivity index (χ0) is 11.9. The molecule has 0 heterocycles. The number of hydrogen-bond acceptors (Lipinski definition) is 2. The summed E-state index contributed by atoms with van der Waals surface area (Å²) in [6.45, 7) is 6.70. The molecule has 1 aromatic carbocycles. The van der Waals surface area contributed by atoms with E-state index in [1.165, 1.54) is 32.5 Å². The molecule has 17 heavy (non-hydrogen) atoms. The van der Waals surface area contributed by atoms with Crippen LogP contribution in [0.5, 0.6) is 5.75 Å². The topological polar surface area (TPSA) is 12.5 Å². The molecule has 2 nitrogen and oxygen atoms in total. The van der Waals surface area contributed by atoms with Crippen LogP contribution in [-0.2, 0) is 0 Å². The SMILES string of the molecule is CCN(CCCOc1ccccc1)CC1CC1. The summed E-state index contributed by atoms with van der Waals surface area (Å²) >= 11 is 0. The van der Waals surface area contributed by atoms with E-state index < -0.39 is 0 Å². The zero-order valence-electron chi connectivity index (χ0n) is 10.8. The molecule has 1 fully saturated rings. The van der Waals surface area contributed by atoms with Crippen LogP contribution in [0.15, 0.2) is 30.3 Å². The maximum atomic E-state index is 5.69. The van der Waals surface area contributed by atoms with E-state index in [9.17, 15) is 0 Å². The molecule has 0 N–H and O–H groups in total. The van der Waals surface area contributed by atoms with Crippen molar-refractivity contribution in [3.8, 4) is 5.75 Å². The molecule has 94 valence electrons. The van der Waals surface area contributed by atoms with E-state index >= 15 is 0 Å². The van der Waals surface area contributed by atoms with Crippen molar-refractivity contribution in [2.24, 2.45) is 5.92 Å². The van der Waals surface area contributed by atoms with E-state index in [2.05, 4.69) is 11.8 Å².